The summed E-state index contributed by atoms with van der Waals surface area (Å²) in [5.74, 6) is 0.404. The van der Waals surface area contributed by atoms with Gasteiger partial charge in [0.25, 0.3) is 0 Å². The van der Waals surface area contributed by atoms with Crippen LogP contribution in [-0.2, 0) is 0 Å². The van der Waals surface area contributed by atoms with Crippen molar-refractivity contribution in [2.45, 2.75) is 0 Å². The van der Waals surface area contributed by atoms with E-state index in [1.54, 1.807) is 6.26 Å². The van der Waals surface area contributed by atoms with Gasteiger partial charge in [-0.1, -0.05) is 0 Å². The van der Waals surface area contributed by atoms with E-state index < -0.39 is 0 Å². The van der Waals surface area contributed by atoms with Crippen LogP contribution in [0.2, 0.25) is 0 Å². The third kappa shape index (κ3) is 1.14. The number of carbonyl (C=O) groups excluding carboxylic acids is 1. The van der Waals surface area contributed by atoms with E-state index in [1.165, 1.54) is 0 Å². The lowest BCUT2D eigenvalue weighted by Gasteiger charge is -1.89. The first kappa shape index (κ1) is 7.79. The van der Waals surface area contributed by atoms with Crippen LogP contribution >= 0.6 is 22.6 Å². The van der Waals surface area contributed by atoms with E-state index in [2.05, 4.69) is 22.6 Å². The maximum Gasteiger partial charge on any atom is 0.185 e. The molecule has 0 aliphatic rings. The molecule has 0 aliphatic heterocycles. The molecule has 0 aliphatic carbocycles. The SMILES string of the molecule is O=Cc1occ2cc(I)ccc12. The molecule has 60 valence electrons. The Kier molecular flexibility index (Phi) is 1.88. The zero-order valence-corrected chi connectivity index (χ0v) is 8.24. The monoisotopic (exact) mass is 272 g/mol. The maximum atomic E-state index is 10.5. The molecule has 0 spiro atoms. The molecule has 0 amide bonds. The van der Waals surface area contributed by atoms with Crippen molar-refractivity contribution in [3.8, 4) is 0 Å². The van der Waals surface area contributed by atoms with Crippen LogP contribution in [0, 0.1) is 3.57 Å². The fourth-order valence-electron chi connectivity index (χ4n) is 1.14. The molecular formula is C9H5IO2. The minimum atomic E-state index is 0.404. The van der Waals surface area contributed by atoms with Gasteiger partial charge in [0.1, 0.15) is 0 Å². The average Bonchev–Trinajstić information content (AvgIpc) is 2.46. The molecule has 3 heteroatoms. The number of furan rings is 1. The summed E-state index contributed by atoms with van der Waals surface area (Å²) in [6.45, 7) is 0. The molecule has 2 aromatic rings. The van der Waals surface area contributed by atoms with Crippen LogP contribution in [0.4, 0.5) is 0 Å². The van der Waals surface area contributed by atoms with Gasteiger partial charge in [-0.15, -0.1) is 0 Å². The quantitative estimate of drug-likeness (QED) is 0.590. The number of carbonyl (C=O) groups is 1. The highest BCUT2D eigenvalue weighted by molar-refractivity contribution is 14.1. The summed E-state index contributed by atoms with van der Waals surface area (Å²) in [5.41, 5.74) is 0. The third-order valence-corrected chi connectivity index (χ3v) is 2.37. The number of benzene rings is 1. The molecule has 1 heterocycles. The molecule has 12 heavy (non-hydrogen) atoms. The Bertz CT molecular complexity index is 431. The number of aldehydes is 1. The van der Waals surface area contributed by atoms with Crippen LogP contribution in [-0.4, -0.2) is 6.29 Å². The van der Waals surface area contributed by atoms with Crippen molar-refractivity contribution in [2.75, 3.05) is 0 Å². The van der Waals surface area contributed by atoms with Crippen LogP contribution in [0.15, 0.2) is 28.9 Å². The molecule has 0 N–H and O–H groups in total. The van der Waals surface area contributed by atoms with Crippen molar-refractivity contribution < 1.29 is 9.21 Å². The van der Waals surface area contributed by atoms with Gasteiger partial charge in [-0.05, 0) is 40.8 Å². The van der Waals surface area contributed by atoms with Crippen LogP contribution in [0.5, 0.6) is 0 Å². The molecule has 1 aromatic heterocycles. The van der Waals surface area contributed by atoms with E-state index in [4.69, 9.17) is 4.42 Å². The molecule has 2 rings (SSSR count). The van der Waals surface area contributed by atoms with Gasteiger partial charge in [0.15, 0.2) is 12.0 Å². The van der Waals surface area contributed by atoms with E-state index >= 15 is 0 Å². The smallest absolute Gasteiger partial charge is 0.185 e. The highest BCUT2D eigenvalue weighted by atomic mass is 127. The summed E-state index contributed by atoms with van der Waals surface area (Å²) in [7, 11) is 0. The zero-order chi connectivity index (χ0) is 8.55. The minimum Gasteiger partial charge on any atom is -0.460 e. The van der Waals surface area contributed by atoms with Crippen molar-refractivity contribution in [1.82, 2.24) is 0 Å². The number of rotatable bonds is 1. The Balaban J connectivity index is 2.81. The number of hydrogen-bond acceptors (Lipinski definition) is 2. The van der Waals surface area contributed by atoms with Crippen molar-refractivity contribution in [3.63, 3.8) is 0 Å². The lowest BCUT2D eigenvalue weighted by molar-refractivity contribution is 0.110. The standard InChI is InChI=1S/C9H5IO2/c10-7-1-2-8-6(3-7)5-12-9(8)4-11/h1-5H. The molecule has 0 saturated carbocycles. The van der Waals surface area contributed by atoms with Crippen molar-refractivity contribution in [2.24, 2.45) is 0 Å². The van der Waals surface area contributed by atoms with E-state index in [-0.39, 0.29) is 0 Å². The summed E-state index contributed by atoms with van der Waals surface area (Å²) in [5, 5.41) is 1.86. The first-order valence-electron chi connectivity index (χ1n) is 3.43. The van der Waals surface area contributed by atoms with Gasteiger partial charge in [0.2, 0.25) is 0 Å². The predicted octanol–water partition coefficient (Wildman–Crippen LogP) is 2.85. The second-order valence-electron chi connectivity index (χ2n) is 2.45. The van der Waals surface area contributed by atoms with Crippen LogP contribution in [0.3, 0.4) is 0 Å². The molecule has 0 unspecified atom stereocenters. The average molecular weight is 272 g/mol. The number of fused-ring (bicyclic) bond motifs is 1. The predicted molar refractivity (Wildman–Crippen MR) is 54.3 cm³/mol. The van der Waals surface area contributed by atoms with Crippen LogP contribution < -0.4 is 0 Å². The van der Waals surface area contributed by atoms with E-state index in [1.807, 2.05) is 18.2 Å². The molecule has 1 aromatic carbocycles. The van der Waals surface area contributed by atoms with Gasteiger partial charge in [-0.25, -0.2) is 0 Å². The summed E-state index contributed by atoms with van der Waals surface area (Å²) in [6.07, 6.45) is 2.33. The van der Waals surface area contributed by atoms with Crippen molar-refractivity contribution in [3.05, 3.63) is 33.8 Å². The molecule has 0 fully saturated rings. The molecule has 0 bridgehead atoms. The Hall–Kier alpha value is -0.840. The van der Waals surface area contributed by atoms with Crippen molar-refractivity contribution >= 4 is 39.6 Å². The Morgan fingerprint density at radius 1 is 1.42 bits per heavy atom. The Morgan fingerprint density at radius 2 is 2.25 bits per heavy atom. The fraction of sp³-hybridized carbons (Fsp3) is 0. The van der Waals surface area contributed by atoms with Gasteiger partial charge in [-0.3, -0.25) is 4.79 Å². The molecule has 0 atom stereocenters. The van der Waals surface area contributed by atoms with Gasteiger partial charge in [0, 0.05) is 14.3 Å². The maximum absolute atomic E-state index is 10.5. The highest BCUT2D eigenvalue weighted by Crippen LogP contribution is 2.21. The van der Waals surface area contributed by atoms with Crippen LogP contribution in [0.25, 0.3) is 10.8 Å². The lowest BCUT2D eigenvalue weighted by Crippen LogP contribution is -1.74. The number of halogens is 1. The first-order chi connectivity index (χ1) is 5.81. The first-order valence-corrected chi connectivity index (χ1v) is 4.51. The Labute approximate surface area is 82.7 Å². The summed E-state index contributed by atoms with van der Waals surface area (Å²) < 4.78 is 6.19. The summed E-state index contributed by atoms with van der Waals surface area (Å²) in [6, 6.07) is 5.82. The fourth-order valence-corrected chi connectivity index (χ4v) is 1.65. The van der Waals surface area contributed by atoms with Gasteiger partial charge in [-0.2, -0.15) is 0 Å². The van der Waals surface area contributed by atoms with Crippen molar-refractivity contribution in [1.29, 1.82) is 0 Å². The Morgan fingerprint density at radius 3 is 3.00 bits per heavy atom. The van der Waals surface area contributed by atoms with Gasteiger partial charge in [0.05, 0.1) is 6.26 Å². The topological polar surface area (TPSA) is 30.2 Å². The van der Waals surface area contributed by atoms with E-state index in [0.717, 1.165) is 20.6 Å². The summed E-state index contributed by atoms with van der Waals surface area (Å²) >= 11 is 2.22. The molecule has 0 saturated heterocycles. The highest BCUT2D eigenvalue weighted by Gasteiger charge is 2.03. The zero-order valence-electron chi connectivity index (χ0n) is 6.08. The van der Waals surface area contributed by atoms with E-state index in [0.29, 0.717) is 5.76 Å². The molecule has 0 radical (unpaired) electrons. The number of hydrogen-bond donors (Lipinski definition) is 0. The molecule has 2 nitrogen and oxygen atoms in total. The van der Waals surface area contributed by atoms with Gasteiger partial charge >= 0.3 is 0 Å². The van der Waals surface area contributed by atoms with Gasteiger partial charge < -0.3 is 4.42 Å². The second-order valence-corrected chi connectivity index (χ2v) is 3.70. The van der Waals surface area contributed by atoms with Crippen LogP contribution in [0.1, 0.15) is 10.6 Å². The normalized spacial score (nSPS) is 10.4. The summed E-state index contributed by atoms with van der Waals surface area (Å²) in [4.78, 5) is 10.5. The minimum absolute atomic E-state index is 0.404. The van der Waals surface area contributed by atoms with E-state index in [9.17, 15) is 4.79 Å². The second kappa shape index (κ2) is 2.90. The lowest BCUT2D eigenvalue weighted by atomic mass is 10.2. The largest absolute Gasteiger partial charge is 0.460 e. The molecular weight excluding hydrogens is 267 g/mol. The third-order valence-electron chi connectivity index (χ3n) is 1.70.